The molecule has 0 saturated heterocycles. The van der Waals surface area contributed by atoms with Crippen molar-refractivity contribution in [3.63, 3.8) is 0 Å². The van der Waals surface area contributed by atoms with Crippen molar-refractivity contribution in [3.05, 3.63) is 35.4 Å². The molecule has 1 aliphatic carbocycles. The summed E-state index contributed by atoms with van der Waals surface area (Å²) in [7, 11) is 4.16. The lowest BCUT2D eigenvalue weighted by atomic mass is 10.1. The molecule has 3 heteroatoms. The van der Waals surface area contributed by atoms with E-state index in [0.29, 0.717) is 0 Å². The Morgan fingerprint density at radius 1 is 1.26 bits per heavy atom. The number of hydrogen-bond donors (Lipinski definition) is 1. The van der Waals surface area contributed by atoms with Crippen LogP contribution in [-0.4, -0.2) is 38.8 Å². The van der Waals surface area contributed by atoms with Crippen molar-refractivity contribution in [3.8, 4) is 0 Å². The zero-order valence-electron chi connectivity index (χ0n) is 12.2. The van der Waals surface area contributed by atoms with Crippen molar-refractivity contribution in [2.75, 3.05) is 33.9 Å². The summed E-state index contributed by atoms with van der Waals surface area (Å²) in [5.41, 5.74) is 2.79. The summed E-state index contributed by atoms with van der Waals surface area (Å²) in [6.07, 6.45) is 2.74. The average molecular weight is 262 g/mol. The number of ether oxygens (including phenoxy) is 1. The van der Waals surface area contributed by atoms with E-state index in [1.807, 2.05) is 7.05 Å². The SMILES string of the molecule is CNCc1ccccc1CN(C)CCOCC1CC1. The van der Waals surface area contributed by atoms with Crippen molar-refractivity contribution in [1.29, 1.82) is 0 Å². The Morgan fingerprint density at radius 2 is 2.00 bits per heavy atom. The molecule has 106 valence electrons. The molecule has 1 aromatic rings. The maximum Gasteiger partial charge on any atom is 0.0593 e. The molecule has 1 N–H and O–H groups in total. The van der Waals surface area contributed by atoms with E-state index in [1.165, 1.54) is 24.0 Å². The number of likely N-dealkylation sites (N-methyl/N-ethyl adjacent to an activating group) is 1. The molecule has 1 aliphatic rings. The van der Waals surface area contributed by atoms with Crippen LogP contribution in [0.4, 0.5) is 0 Å². The van der Waals surface area contributed by atoms with Crippen LogP contribution in [0.1, 0.15) is 24.0 Å². The quantitative estimate of drug-likeness (QED) is 0.691. The molecule has 0 spiro atoms. The molecule has 0 aromatic heterocycles. The van der Waals surface area contributed by atoms with Crippen molar-refractivity contribution in [2.24, 2.45) is 5.92 Å². The Morgan fingerprint density at radius 3 is 2.68 bits per heavy atom. The molecule has 0 bridgehead atoms. The van der Waals surface area contributed by atoms with Crippen LogP contribution < -0.4 is 5.32 Å². The Hall–Kier alpha value is -0.900. The van der Waals surface area contributed by atoms with Gasteiger partial charge in [-0.25, -0.2) is 0 Å². The van der Waals surface area contributed by atoms with Gasteiger partial charge in [-0.1, -0.05) is 24.3 Å². The maximum absolute atomic E-state index is 5.69. The van der Waals surface area contributed by atoms with E-state index < -0.39 is 0 Å². The fourth-order valence-electron chi connectivity index (χ4n) is 2.20. The highest BCUT2D eigenvalue weighted by atomic mass is 16.5. The summed E-state index contributed by atoms with van der Waals surface area (Å²) in [6.45, 7) is 4.73. The van der Waals surface area contributed by atoms with Crippen LogP contribution in [-0.2, 0) is 17.8 Å². The van der Waals surface area contributed by atoms with Gasteiger partial charge in [-0.2, -0.15) is 0 Å². The maximum atomic E-state index is 5.69. The first kappa shape index (κ1) is 14.5. The lowest BCUT2D eigenvalue weighted by molar-refractivity contribution is 0.102. The van der Waals surface area contributed by atoms with Crippen molar-refractivity contribution < 1.29 is 4.74 Å². The van der Waals surface area contributed by atoms with Gasteiger partial charge in [0.2, 0.25) is 0 Å². The molecule has 19 heavy (non-hydrogen) atoms. The molecule has 0 amide bonds. The van der Waals surface area contributed by atoms with Gasteiger partial charge in [0.05, 0.1) is 6.61 Å². The highest BCUT2D eigenvalue weighted by molar-refractivity contribution is 5.26. The zero-order chi connectivity index (χ0) is 13.5. The van der Waals surface area contributed by atoms with Gasteiger partial charge in [0, 0.05) is 26.2 Å². The minimum absolute atomic E-state index is 0.848. The fraction of sp³-hybridized carbons (Fsp3) is 0.625. The second-order valence-corrected chi connectivity index (χ2v) is 5.56. The van der Waals surface area contributed by atoms with Gasteiger partial charge in [-0.3, -0.25) is 4.90 Å². The van der Waals surface area contributed by atoms with E-state index in [9.17, 15) is 0 Å². The smallest absolute Gasteiger partial charge is 0.0593 e. The normalized spacial score (nSPS) is 15.1. The Labute approximate surface area is 116 Å². The summed E-state index contributed by atoms with van der Waals surface area (Å²) in [6, 6.07) is 8.64. The third-order valence-electron chi connectivity index (χ3n) is 3.59. The minimum atomic E-state index is 0.848. The van der Waals surface area contributed by atoms with E-state index in [2.05, 4.69) is 41.5 Å². The summed E-state index contributed by atoms with van der Waals surface area (Å²) >= 11 is 0. The van der Waals surface area contributed by atoms with Crippen LogP contribution in [0.25, 0.3) is 0 Å². The Bertz CT molecular complexity index is 377. The number of benzene rings is 1. The molecule has 0 aliphatic heterocycles. The minimum Gasteiger partial charge on any atom is -0.380 e. The van der Waals surface area contributed by atoms with Crippen molar-refractivity contribution in [1.82, 2.24) is 10.2 Å². The summed E-state index contributed by atoms with van der Waals surface area (Å²) in [5.74, 6) is 0.863. The number of hydrogen-bond acceptors (Lipinski definition) is 3. The third kappa shape index (κ3) is 5.31. The van der Waals surface area contributed by atoms with E-state index in [4.69, 9.17) is 4.74 Å². The van der Waals surface area contributed by atoms with E-state index >= 15 is 0 Å². The molecular formula is C16H26N2O. The highest BCUT2D eigenvalue weighted by Gasteiger charge is 2.20. The molecule has 0 unspecified atom stereocenters. The first-order chi connectivity index (χ1) is 9.29. The number of nitrogens with zero attached hydrogens (tertiary/aromatic N) is 1. The zero-order valence-corrected chi connectivity index (χ0v) is 12.2. The van der Waals surface area contributed by atoms with Crippen LogP contribution in [0.15, 0.2) is 24.3 Å². The first-order valence-electron chi connectivity index (χ1n) is 7.27. The lowest BCUT2D eigenvalue weighted by Gasteiger charge is -2.19. The second kappa shape index (κ2) is 7.63. The van der Waals surface area contributed by atoms with Gasteiger partial charge in [-0.15, -0.1) is 0 Å². The first-order valence-corrected chi connectivity index (χ1v) is 7.27. The van der Waals surface area contributed by atoms with Crippen LogP contribution >= 0.6 is 0 Å². The van der Waals surface area contributed by atoms with E-state index in [1.54, 1.807) is 0 Å². The monoisotopic (exact) mass is 262 g/mol. The summed E-state index contributed by atoms with van der Waals surface area (Å²) in [4.78, 5) is 2.33. The highest BCUT2D eigenvalue weighted by Crippen LogP contribution is 2.28. The van der Waals surface area contributed by atoms with Gasteiger partial charge in [0.15, 0.2) is 0 Å². The topological polar surface area (TPSA) is 24.5 Å². The second-order valence-electron chi connectivity index (χ2n) is 5.56. The van der Waals surface area contributed by atoms with Gasteiger partial charge >= 0.3 is 0 Å². The Balaban J connectivity index is 1.72. The standard InChI is InChI=1S/C16H26N2O/c1-17-11-15-5-3-4-6-16(15)12-18(2)9-10-19-13-14-7-8-14/h3-6,14,17H,7-13H2,1-2H3. The number of nitrogens with one attached hydrogen (secondary N) is 1. The van der Waals surface area contributed by atoms with Crippen LogP contribution in [0.2, 0.25) is 0 Å². The third-order valence-corrected chi connectivity index (χ3v) is 3.59. The average Bonchev–Trinajstić information content (AvgIpc) is 3.21. The molecule has 3 nitrogen and oxygen atoms in total. The van der Waals surface area contributed by atoms with Gasteiger partial charge in [-0.05, 0) is 44.0 Å². The predicted molar refractivity (Wildman–Crippen MR) is 79.1 cm³/mol. The molecule has 2 rings (SSSR count). The van der Waals surface area contributed by atoms with E-state index in [0.717, 1.165) is 38.8 Å². The van der Waals surface area contributed by atoms with Crippen LogP contribution in [0, 0.1) is 5.92 Å². The van der Waals surface area contributed by atoms with Gasteiger partial charge in [0.1, 0.15) is 0 Å². The molecule has 1 aromatic carbocycles. The Kier molecular flexibility index (Phi) is 5.83. The predicted octanol–water partition coefficient (Wildman–Crippen LogP) is 2.26. The van der Waals surface area contributed by atoms with Crippen LogP contribution in [0.5, 0.6) is 0 Å². The molecule has 1 fully saturated rings. The molecule has 0 atom stereocenters. The van der Waals surface area contributed by atoms with Crippen LogP contribution in [0.3, 0.4) is 0 Å². The molecule has 0 radical (unpaired) electrons. The van der Waals surface area contributed by atoms with Gasteiger partial charge in [0.25, 0.3) is 0 Å². The fourth-order valence-corrected chi connectivity index (χ4v) is 2.20. The molecule has 1 saturated carbocycles. The van der Waals surface area contributed by atoms with Gasteiger partial charge < -0.3 is 10.1 Å². The lowest BCUT2D eigenvalue weighted by Crippen LogP contribution is -2.24. The summed E-state index contributed by atoms with van der Waals surface area (Å²) < 4.78 is 5.69. The van der Waals surface area contributed by atoms with Crippen molar-refractivity contribution in [2.45, 2.75) is 25.9 Å². The molecular weight excluding hydrogens is 236 g/mol. The van der Waals surface area contributed by atoms with Crippen molar-refractivity contribution >= 4 is 0 Å². The number of rotatable bonds is 9. The largest absolute Gasteiger partial charge is 0.380 e. The summed E-state index contributed by atoms with van der Waals surface area (Å²) in [5, 5.41) is 3.23. The van der Waals surface area contributed by atoms with E-state index in [-0.39, 0.29) is 0 Å². The molecule has 0 heterocycles.